The van der Waals surface area contributed by atoms with Crippen molar-refractivity contribution in [2.75, 3.05) is 44.3 Å². The number of carbonyl (C=O) groups is 1. The van der Waals surface area contributed by atoms with Gasteiger partial charge in [0.05, 0.1) is 31.0 Å². The molecule has 0 radical (unpaired) electrons. The van der Waals surface area contributed by atoms with Gasteiger partial charge in [0.1, 0.15) is 5.52 Å². The third-order valence-electron chi connectivity index (χ3n) is 6.10. The topological polar surface area (TPSA) is 80.7 Å². The number of ether oxygens (including phenoxy) is 2. The van der Waals surface area contributed by atoms with Crippen LogP contribution in [0, 0.1) is 5.92 Å². The third kappa shape index (κ3) is 3.31. The average Bonchev–Trinajstić information content (AvgIpc) is 3.21. The lowest BCUT2D eigenvalue weighted by atomic mass is 9.94. The number of carbonyl (C=O) groups excluding carboxylic acids is 1. The Labute approximate surface area is 163 Å². The van der Waals surface area contributed by atoms with Crippen LogP contribution in [-0.2, 0) is 14.3 Å². The molecule has 0 aromatic carbocycles. The predicted molar refractivity (Wildman–Crippen MR) is 103 cm³/mol. The van der Waals surface area contributed by atoms with Crippen LogP contribution in [0.25, 0.3) is 11.2 Å². The van der Waals surface area contributed by atoms with Crippen LogP contribution in [0.5, 0.6) is 0 Å². The van der Waals surface area contributed by atoms with Gasteiger partial charge in [-0.15, -0.1) is 0 Å². The molecule has 2 aromatic rings. The summed E-state index contributed by atoms with van der Waals surface area (Å²) in [6.45, 7) is 4.40. The molecule has 0 saturated carbocycles. The SMILES string of the molecule is O=C([C@H]1CCCN(c2cnc3nccnc3c2)C1)N1CCC2(CC1)OCCO2. The summed E-state index contributed by atoms with van der Waals surface area (Å²) in [6, 6.07) is 2.02. The molecule has 1 spiro atoms. The summed E-state index contributed by atoms with van der Waals surface area (Å²) in [5.41, 5.74) is 2.44. The highest BCUT2D eigenvalue weighted by Gasteiger charge is 2.42. The summed E-state index contributed by atoms with van der Waals surface area (Å²) in [5, 5.41) is 0. The molecule has 1 amide bonds. The number of aromatic nitrogens is 3. The Kier molecular flexibility index (Phi) is 4.60. The zero-order chi connectivity index (χ0) is 19.0. The molecule has 0 aliphatic carbocycles. The Balaban J connectivity index is 1.25. The van der Waals surface area contributed by atoms with E-state index < -0.39 is 5.79 Å². The van der Waals surface area contributed by atoms with Gasteiger partial charge in [-0.05, 0) is 18.9 Å². The molecular formula is C20H25N5O3. The van der Waals surface area contributed by atoms with E-state index in [1.165, 1.54) is 0 Å². The van der Waals surface area contributed by atoms with E-state index in [0.29, 0.717) is 32.0 Å². The first-order valence-electron chi connectivity index (χ1n) is 10.1. The van der Waals surface area contributed by atoms with Crippen LogP contribution in [0.2, 0.25) is 0 Å². The van der Waals surface area contributed by atoms with E-state index in [4.69, 9.17) is 9.47 Å². The molecule has 148 valence electrons. The van der Waals surface area contributed by atoms with Crippen molar-refractivity contribution in [3.8, 4) is 0 Å². The zero-order valence-corrected chi connectivity index (χ0v) is 15.9. The standard InChI is InChI=1S/C20H25N5O3/c26-19(24-8-3-20(4-9-24)27-10-11-28-20)15-2-1-7-25(14-15)16-12-17-18(23-13-16)22-6-5-21-17/h5-6,12-13,15H,1-4,7-11,14H2/t15-/m0/s1. The molecule has 3 aliphatic heterocycles. The fraction of sp³-hybridized carbons (Fsp3) is 0.600. The molecule has 3 fully saturated rings. The smallest absolute Gasteiger partial charge is 0.227 e. The minimum atomic E-state index is -0.437. The van der Waals surface area contributed by atoms with Gasteiger partial charge in [0.2, 0.25) is 5.91 Å². The third-order valence-corrected chi connectivity index (χ3v) is 6.10. The number of amides is 1. The quantitative estimate of drug-likeness (QED) is 0.779. The van der Waals surface area contributed by atoms with Crippen molar-refractivity contribution in [1.29, 1.82) is 0 Å². The van der Waals surface area contributed by atoms with Gasteiger partial charge < -0.3 is 19.3 Å². The van der Waals surface area contributed by atoms with E-state index in [1.54, 1.807) is 12.4 Å². The first-order chi connectivity index (χ1) is 13.7. The highest BCUT2D eigenvalue weighted by Crippen LogP contribution is 2.33. The molecule has 0 unspecified atom stereocenters. The van der Waals surface area contributed by atoms with Gasteiger partial charge in [-0.1, -0.05) is 0 Å². The highest BCUT2D eigenvalue weighted by molar-refractivity contribution is 5.80. The molecule has 3 aliphatic rings. The van der Waals surface area contributed by atoms with Crippen molar-refractivity contribution in [3.05, 3.63) is 24.7 Å². The molecule has 1 atom stereocenters. The van der Waals surface area contributed by atoms with Crippen molar-refractivity contribution >= 4 is 22.8 Å². The van der Waals surface area contributed by atoms with Crippen LogP contribution >= 0.6 is 0 Å². The summed E-state index contributed by atoms with van der Waals surface area (Å²) in [7, 11) is 0. The Hall–Kier alpha value is -2.32. The molecule has 2 aromatic heterocycles. The summed E-state index contributed by atoms with van der Waals surface area (Å²) in [5.74, 6) is -0.162. The number of piperidine rings is 2. The van der Waals surface area contributed by atoms with Crippen LogP contribution in [0.15, 0.2) is 24.7 Å². The summed E-state index contributed by atoms with van der Waals surface area (Å²) in [4.78, 5) is 30.4. The molecule has 0 bridgehead atoms. The number of fused-ring (bicyclic) bond motifs is 1. The highest BCUT2D eigenvalue weighted by atomic mass is 16.7. The van der Waals surface area contributed by atoms with Crippen LogP contribution < -0.4 is 4.90 Å². The number of rotatable bonds is 2. The lowest BCUT2D eigenvalue weighted by Gasteiger charge is -2.41. The summed E-state index contributed by atoms with van der Waals surface area (Å²) in [6.07, 6.45) is 8.63. The number of pyridine rings is 1. The first-order valence-corrected chi connectivity index (χ1v) is 10.1. The van der Waals surface area contributed by atoms with E-state index in [1.807, 2.05) is 17.2 Å². The maximum Gasteiger partial charge on any atom is 0.227 e. The second kappa shape index (κ2) is 7.25. The lowest BCUT2D eigenvalue weighted by molar-refractivity contribution is -0.188. The molecule has 8 nitrogen and oxygen atoms in total. The zero-order valence-electron chi connectivity index (χ0n) is 15.9. The maximum atomic E-state index is 13.1. The first kappa shape index (κ1) is 17.8. The van der Waals surface area contributed by atoms with E-state index >= 15 is 0 Å². The van der Waals surface area contributed by atoms with Crippen molar-refractivity contribution in [1.82, 2.24) is 19.9 Å². The largest absolute Gasteiger partial charge is 0.369 e. The van der Waals surface area contributed by atoms with Gasteiger partial charge >= 0.3 is 0 Å². The fourth-order valence-corrected chi connectivity index (χ4v) is 4.55. The molecule has 3 saturated heterocycles. The molecule has 5 heterocycles. The van der Waals surface area contributed by atoms with Crippen LogP contribution in [-0.4, -0.2) is 70.9 Å². The van der Waals surface area contributed by atoms with Crippen LogP contribution in [0.3, 0.4) is 0 Å². The fourth-order valence-electron chi connectivity index (χ4n) is 4.55. The summed E-state index contributed by atoms with van der Waals surface area (Å²) >= 11 is 0. The van der Waals surface area contributed by atoms with E-state index in [9.17, 15) is 4.79 Å². The number of likely N-dealkylation sites (tertiary alicyclic amines) is 1. The van der Waals surface area contributed by atoms with Gasteiger partial charge in [0.15, 0.2) is 11.4 Å². The Morgan fingerprint density at radius 2 is 1.86 bits per heavy atom. The number of nitrogens with zero attached hydrogens (tertiary/aromatic N) is 5. The van der Waals surface area contributed by atoms with Crippen molar-refractivity contribution in [2.24, 2.45) is 5.92 Å². The number of anilines is 1. The minimum absolute atomic E-state index is 0.0192. The minimum Gasteiger partial charge on any atom is -0.369 e. The molecule has 5 rings (SSSR count). The van der Waals surface area contributed by atoms with Crippen LogP contribution in [0.1, 0.15) is 25.7 Å². The van der Waals surface area contributed by atoms with Gasteiger partial charge in [0.25, 0.3) is 0 Å². The van der Waals surface area contributed by atoms with Crippen LogP contribution in [0.4, 0.5) is 5.69 Å². The van der Waals surface area contributed by atoms with Gasteiger partial charge in [-0.3, -0.25) is 9.78 Å². The Morgan fingerprint density at radius 1 is 1.07 bits per heavy atom. The summed E-state index contributed by atoms with van der Waals surface area (Å²) < 4.78 is 11.6. The maximum absolute atomic E-state index is 13.1. The van der Waals surface area contributed by atoms with E-state index in [0.717, 1.165) is 50.0 Å². The van der Waals surface area contributed by atoms with Crippen molar-refractivity contribution < 1.29 is 14.3 Å². The van der Waals surface area contributed by atoms with E-state index in [-0.39, 0.29) is 11.8 Å². The monoisotopic (exact) mass is 383 g/mol. The second-order valence-corrected chi connectivity index (χ2v) is 7.81. The molecule has 28 heavy (non-hydrogen) atoms. The number of hydrogen-bond donors (Lipinski definition) is 0. The van der Waals surface area contributed by atoms with E-state index in [2.05, 4.69) is 19.9 Å². The Bertz CT molecular complexity index is 860. The Morgan fingerprint density at radius 3 is 2.68 bits per heavy atom. The van der Waals surface area contributed by atoms with Gasteiger partial charge in [-0.2, -0.15) is 0 Å². The lowest BCUT2D eigenvalue weighted by Crippen LogP contribution is -2.51. The molecular weight excluding hydrogens is 358 g/mol. The normalized spacial score (nSPS) is 24.8. The molecule has 8 heteroatoms. The second-order valence-electron chi connectivity index (χ2n) is 7.81. The molecule has 0 N–H and O–H groups in total. The van der Waals surface area contributed by atoms with Gasteiger partial charge in [-0.25, -0.2) is 9.97 Å². The van der Waals surface area contributed by atoms with Crippen molar-refractivity contribution in [2.45, 2.75) is 31.5 Å². The van der Waals surface area contributed by atoms with Crippen molar-refractivity contribution in [3.63, 3.8) is 0 Å². The average molecular weight is 383 g/mol. The predicted octanol–water partition coefficient (Wildman–Crippen LogP) is 1.61. The number of hydrogen-bond acceptors (Lipinski definition) is 7. The van der Waals surface area contributed by atoms with Gasteiger partial charge in [0, 0.05) is 51.4 Å².